The summed E-state index contributed by atoms with van der Waals surface area (Å²) in [6.07, 6.45) is -4.38. The Bertz CT molecular complexity index is 1300. The first-order valence-electron chi connectivity index (χ1n) is 10.0. The van der Waals surface area contributed by atoms with Gasteiger partial charge in [0.15, 0.2) is 22.5 Å². The highest BCUT2D eigenvalue weighted by Gasteiger charge is 2.30. The third-order valence-corrected chi connectivity index (χ3v) is 6.94. The summed E-state index contributed by atoms with van der Waals surface area (Å²) in [5, 5.41) is 11.8. The van der Waals surface area contributed by atoms with Crippen LogP contribution in [0, 0.1) is 0 Å². The van der Waals surface area contributed by atoms with Crippen molar-refractivity contribution < 1.29 is 22.6 Å². The second kappa shape index (κ2) is 8.71. The summed E-state index contributed by atoms with van der Waals surface area (Å²) in [6.45, 7) is 2.89. The lowest BCUT2D eigenvalue weighted by atomic mass is 10.1. The van der Waals surface area contributed by atoms with Crippen LogP contribution in [0.25, 0.3) is 22.0 Å². The molecule has 1 aliphatic heterocycles. The monoisotopic (exact) mass is 490 g/mol. The quantitative estimate of drug-likeness (QED) is 0.303. The molecule has 0 radical (unpaired) electrons. The van der Waals surface area contributed by atoms with Gasteiger partial charge in [-0.3, -0.25) is 0 Å². The molecule has 0 fully saturated rings. The molecule has 0 atom stereocenters. The fourth-order valence-electron chi connectivity index (χ4n) is 3.40. The number of ether oxygens (including phenoxy) is 2. The van der Waals surface area contributed by atoms with Crippen molar-refractivity contribution in [3.05, 3.63) is 59.1 Å². The van der Waals surface area contributed by atoms with Gasteiger partial charge in [0.05, 0.1) is 11.3 Å². The van der Waals surface area contributed by atoms with E-state index in [1.807, 2.05) is 35.1 Å². The van der Waals surface area contributed by atoms with Crippen LogP contribution in [0.4, 0.5) is 13.2 Å². The smallest absolute Gasteiger partial charge is 0.416 e. The van der Waals surface area contributed by atoms with Crippen LogP contribution < -0.4 is 9.47 Å². The minimum absolute atomic E-state index is 0.205. The van der Waals surface area contributed by atoms with Gasteiger partial charge in [-0.1, -0.05) is 23.9 Å². The van der Waals surface area contributed by atoms with E-state index in [4.69, 9.17) is 9.47 Å². The third-order valence-electron chi connectivity index (χ3n) is 5.00. The van der Waals surface area contributed by atoms with Crippen molar-refractivity contribution in [2.75, 3.05) is 6.79 Å². The zero-order chi connectivity index (χ0) is 23.0. The van der Waals surface area contributed by atoms with Crippen LogP contribution in [-0.2, 0) is 18.5 Å². The van der Waals surface area contributed by atoms with Gasteiger partial charge < -0.3 is 14.0 Å². The first-order chi connectivity index (χ1) is 15.9. The highest BCUT2D eigenvalue weighted by molar-refractivity contribution is 7.98. The number of nitrogens with zero attached hydrogens (tertiary/aromatic N) is 4. The van der Waals surface area contributed by atoms with Gasteiger partial charge >= 0.3 is 6.18 Å². The van der Waals surface area contributed by atoms with Gasteiger partial charge in [0.2, 0.25) is 6.79 Å². The molecule has 0 N–H and O–H groups in total. The number of hydrogen-bond acceptors (Lipinski definition) is 7. The predicted octanol–water partition coefficient (Wildman–Crippen LogP) is 6.13. The number of halogens is 3. The van der Waals surface area contributed by atoms with E-state index >= 15 is 0 Å². The molecule has 0 saturated heterocycles. The fourth-order valence-corrected chi connectivity index (χ4v) is 5.22. The number of thiazole rings is 1. The molecular formula is C22H17F3N4O2S2. The molecule has 0 saturated carbocycles. The normalized spacial score (nSPS) is 13.0. The molecule has 1 aliphatic rings. The van der Waals surface area contributed by atoms with E-state index in [-0.39, 0.29) is 6.79 Å². The maximum atomic E-state index is 13.0. The molecule has 2 aromatic carbocycles. The van der Waals surface area contributed by atoms with Gasteiger partial charge in [-0.15, -0.1) is 21.5 Å². The second-order valence-corrected chi connectivity index (χ2v) is 8.93. The van der Waals surface area contributed by atoms with E-state index in [0.717, 1.165) is 34.4 Å². The Morgan fingerprint density at radius 3 is 2.73 bits per heavy atom. The van der Waals surface area contributed by atoms with Crippen molar-refractivity contribution in [2.24, 2.45) is 0 Å². The highest BCUT2D eigenvalue weighted by atomic mass is 32.2. The van der Waals surface area contributed by atoms with Crippen LogP contribution in [-0.4, -0.2) is 26.5 Å². The van der Waals surface area contributed by atoms with Crippen LogP contribution in [0.2, 0.25) is 0 Å². The van der Waals surface area contributed by atoms with Gasteiger partial charge in [0, 0.05) is 28.8 Å². The molecule has 11 heteroatoms. The van der Waals surface area contributed by atoms with Gasteiger partial charge in [-0.2, -0.15) is 13.2 Å². The molecule has 2 aromatic heterocycles. The van der Waals surface area contributed by atoms with E-state index in [2.05, 4.69) is 15.2 Å². The molecule has 3 heterocycles. The summed E-state index contributed by atoms with van der Waals surface area (Å²) in [4.78, 5) is 4.52. The summed E-state index contributed by atoms with van der Waals surface area (Å²) in [6, 6.07) is 10.9. The SMILES string of the molecule is CCn1c(SCc2csc(-c3cccc(C(F)(F)F)c3)n2)nnc1-c1ccc2c(c1)OCO2. The first-order valence-corrected chi connectivity index (χ1v) is 11.9. The van der Waals surface area contributed by atoms with Crippen molar-refractivity contribution in [1.29, 1.82) is 0 Å². The lowest BCUT2D eigenvalue weighted by Crippen LogP contribution is -2.04. The Morgan fingerprint density at radius 1 is 1.06 bits per heavy atom. The van der Waals surface area contributed by atoms with Crippen LogP contribution in [0.3, 0.4) is 0 Å². The largest absolute Gasteiger partial charge is 0.454 e. The number of alkyl halides is 3. The lowest BCUT2D eigenvalue weighted by molar-refractivity contribution is -0.137. The molecule has 33 heavy (non-hydrogen) atoms. The molecule has 0 unspecified atom stereocenters. The average molecular weight is 491 g/mol. The van der Waals surface area contributed by atoms with E-state index in [0.29, 0.717) is 34.4 Å². The number of aromatic nitrogens is 4. The van der Waals surface area contributed by atoms with Crippen LogP contribution in [0.1, 0.15) is 18.2 Å². The Balaban J connectivity index is 1.32. The summed E-state index contributed by atoms with van der Waals surface area (Å²) in [5.41, 5.74) is 1.42. The van der Waals surface area contributed by atoms with Gasteiger partial charge in [0.25, 0.3) is 0 Å². The Kier molecular flexibility index (Phi) is 5.75. The maximum Gasteiger partial charge on any atom is 0.416 e. The number of rotatable bonds is 6. The van der Waals surface area contributed by atoms with Gasteiger partial charge in [-0.05, 0) is 37.3 Å². The van der Waals surface area contributed by atoms with E-state index in [9.17, 15) is 13.2 Å². The van der Waals surface area contributed by atoms with Crippen molar-refractivity contribution in [3.63, 3.8) is 0 Å². The Labute approximate surface area is 195 Å². The van der Waals surface area contributed by atoms with Crippen LogP contribution in [0.5, 0.6) is 11.5 Å². The molecule has 0 aliphatic carbocycles. The number of fused-ring (bicyclic) bond motifs is 1. The lowest BCUT2D eigenvalue weighted by Gasteiger charge is -2.07. The molecule has 6 nitrogen and oxygen atoms in total. The summed E-state index contributed by atoms with van der Waals surface area (Å²) >= 11 is 2.80. The second-order valence-electron chi connectivity index (χ2n) is 7.13. The van der Waals surface area contributed by atoms with Crippen LogP contribution in [0.15, 0.2) is 53.0 Å². The van der Waals surface area contributed by atoms with Crippen molar-refractivity contribution in [3.8, 4) is 33.5 Å². The minimum atomic E-state index is -4.38. The van der Waals surface area contributed by atoms with Crippen LogP contribution >= 0.6 is 23.1 Å². The van der Waals surface area contributed by atoms with Crippen molar-refractivity contribution >= 4 is 23.1 Å². The Morgan fingerprint density at radius 2 is 1.91 bits per heavy atom. The van der Waals surface area contributed by atoms with E-state index in [1.165, 1.54) is 29.2 Å². The standard InChI is InChI=1S/C22H17F3N4O2S2/c1-2-29-19(13-6-7-17-18(9-13)31-12-30-17)27-28-21(29)33-11-16-10-32-20(26-16)14-4-3-5-15(8-14)22(23,24)25/h3-10H,2,11-12H2,1H3. The summed E-state index contributed by atoms with van der Waals surface area (Å²) < 4.78 is 51.9. The van der Waals surface area contributed by atoms with Crippen molar-refractivity contribution in [2.45, 2.75) is 30.6 Å². The van der Waals surface area contributed by atoms with Gasteiger partial charge in [0.1, 0.15) is 5.01 Å². The zero-order valence-electron chi connectivity index (χ0n) is 17.3. The van der Waals surface area contributed by atoms with E-state index in [1.54, 1.807) is 6.07 Å². The van der Waals surface area contributed by atoms with E-state index < -0.39 is 11.7 Å². The highest BCUT2D eigenvalue weighted by Crippen LogP contribution is 2.37. The Hall–Kier alpha value is -3.05. The molecule has 4 aromatic rings. The predicted molar refractivity (Wildman–Crippen MR) is 119 cm³/mol. The molecule has 0 spiro atoms. The molecule has 170 valence electrons. The maximum absolute atomic E-state index is 13.0. The number of hydrogen-bond donors (Lipinski definition) is 0. The summed E-state index contributed by atoms with van der Waals surface area (Å²) in [5.74, 6) is 2.63. The first kappa shape index (κ1) is 21.8. The number of thioether (sulfide) groups is 1. The molecule has 0 bridgehead atoms. The zero-order valence-corrected chi connectivity index (χ0v) is 18.9. The molecule has 0 amide bonds. The topological polar surface area (TPSA) is 62.1 Å². The average Bonchev–Trinajstić information content (AvgIpc) is 3.55. The number of benzene rings is 2. The fraction of sp³-hybridized carbons (Fsp3) is 0.227. The third kappa shape index (κ3) is 4.42. The molecular weight excluding hydrogens is 473 g/mol. The summed E-state index contributed by atoms with van der Waals surface area (Å²) in [7, 11) is 0. The van der Waals surface area contributed by atoms with Gasteiger partial charge in [-0.25, -0.2) is 4.98 Å². The minimum Gasteiger partial charge on any atom is -0.454 e. The van der Waals surface area contributed by atoms with Crippen molar-refractivity contribution in [1.82, 2.24) is 19.7 Å². The molecule has 5 rings (SSSR count).